The molecule has 1 heterocycles. The van der Waals surface area contributed by atoms with Crippen LogP contribution < -0.4 is 4.74 Å². The largest absolute Gasteiger partial charge is 0.497 e. The summed E-state index contributed by atoms with van der Waals surface area (Å²) in [5.41, 5.74) is 0.188. The lowest BCUT2D eigenvalue weighted by molar-refractivity contribution is -0.124. The van der Waals surface area contributed by atoms with Gasteiger partial charge in [-0.1, -0.05) is 25.0 Å². The molecule has 1 aromatic rings. The lowest BCUT2D eigenvalue weighted by atomic mass is 9.64. The number of ether oxygens (including phenoxy) is 1. The Kier molecular flexibility index (Phi) is 3.51. The van der Waals surface area contributed by atoms with E-state index >= 15 is 0 Å². The summed E-state index contributed by atoms with van der Waals surface area (Å²) < 4.78 is 5.34. The zero-order valence-corrected chi connectivity index (χ0v) is 12.6. The van der Waals surface area contributed by atoms with Gasteiger partial charge in [-0.2, -0.15) is 0 Å². The summed E-state index contributed by atoms with van der Waals surface area (Å²) in [6.07, 6.45) is 6.54. The molecule has 110 valence electrons. The Morgan fingerprint density at radius 3 is 2.60 bits per heavy atom. The molecule has 2 atom stereocenters. The Balaban J connectivity index is 2.06. The average Bonchev–Trinajstić information content (AvgIpc) is 2.85. The lowest BCUT2D eigenvalue weighted by Gasteiger charge is -2.52. The number of benzene rings is 1. The number of rotatable bonds is 2. The first-order valence-electron chi connectivity index (χ1n) is 7.71. The van der Waals surface area contributed by atoms with Crippen LogP contribution in [0, 0.1) is 0 Å². The topological polar surface area (TPSA) is 32.7 Å². The molecule has 0 amide bonds. The highest BCUT2D eigenvalue weighted by atomic mass is 16.5. The second kappa shape index (κ2) is 5.05. The molecule has 1 spiro atoms. The van der Waals surface area contributed by atoms with Crippen molar-refractivity contribution >= 4 is 0 Å². The first-order chi connectivity index (χ1) is 9.62. The third kappa shape index (κ3) is 1.87. The fraction of sp³-hybridized carbons (Fsp3) is 0.647. The molecule has 0 bridgehead atoms. The molecular formula is C17H25NO2. The van der Waals surface area contributed by atoms with Gasteiger partial charge in [0.15, 0.2) is 0 Å². The third-order valence-electron chi connectivity index (χ3n) is 5.51. The molecule has 1 aliphatic heterocycles. The number of nitrogens with zero attached hydrogens (tertiary/aromatic N) is 1. The Bertz CT molecular complexity index is 490. The minimum Gasteiger partial charge on any atom is -0.497 e. The van der Waals surface area contributed by atoms with E-state index in [-0.39, 0.29) is 5.54 Å². The highest BCUT2D eigenvalue weighted by Gasteiger charge is 2.56. The van der Waals surface area contributed by atoms with Crippen molar-refractivity contribution in [2.24, 2.45) is 0 Å². The number of likely N-dealkylation sites (tertiary alicyclic amines) is 1. The molecule has 1 saturated heterocycles. The minimum atomic E-state index is -0.745. The first kappa shape index (κ1) is 13.9. The maximum absolute atomic E-state index is 11.6. The first-order valence-corrected chi connectivity index (χ1v) is 7.71. The van der Waals surface area contributed by atoms with Gasteiger partial charge in [0.05, 0.1) is 12.6 Å². The number of methoxy groups -OCH3 is 1. The number of aliphatic hydroxyl groups is 1. The predicted octanol–water partition coefficient (Wildman–Crippen LogP) is 2.92. The van der Waals surface area contributed by atoms with Crippen LogP contribution in [-0.2, 0) is 5.60 Å². The summed E-state index contributed by atoms with van der Waals surface area (Å²) in [6.45, 7) is 1.09. The monoisotopic (exact) mass is 275 g/mol. The van der Waals surface area contributed by atoms with Crippen LogP contribution in [0.3, 0.4) is 0 Å². The van der Waals surface area contributed by atoms with E-state index < -0.39 is 5.60 Å². The van der Waals surface area contributed by atoms with E-state index in [1.165, 1.54) is 12.8 Å². The van der Waals surface area contributed by atoms with Gasteiger partial charge in [-0.05, 0) is 57.0 Å². The van der Waals surface area contributed by atoms with Crippen LogP contribution in [0.25, 0.3) is 0 Å². The van der Waals surface area contributed by atoms with Crippen molar-refractivity contribution in [1.82, 2.24) is 4.90 Å². The van der Waals surface area contributed by atoms with Crippen molar-refractivity contribution in [3.8, 4) is 5.75 Å². The van der Waals surface area contributed by atoms with Gasteiger partial charge in [-0.3, -0.25) is 4.90 Å². The Labute approximate surface area is 121 Å². The molecule has 2 aliphatic rings. The van der Waals surface area contributed by atoms with Gasteiger partial charge in [0, 0.05) is 0 Å². The van der Waals surface area contributed by atoms with Crippen molar-refractivity contribution in [3.05, 3.63) is 29.8 Å². The number of hydrogen-bond donors (Lipinski definition) is 1. The van der Waals surface area contributed by atoms with Crippen LogP contribution >= 0.6 is 0 Å². The van der Waals surface area contributed by atoms with E-state index in [4.69, 9.17) is 4.74 Å². The normalized spacial score (nSPS) is 34.5. The van der Waals surface area contributed by atoms with Crippen molar-refractivity contribution in [3.63, 3.8) is 0 Å². The van der Waals surface area contributed by atoms with Crippen molar-refractivity contribution in [2.45, 2.75) is 49.7 Å². The van der Waals surface area contributed by atoms with Crippen LogP contribution in [0.5, 0.6) is 5.75 Å². The molecule has 1 aliphatic carbocycles. The van der Waals surface area contributed by atoms with Crippen molar-refractivity contribution < 1.29 is 9.84 Å². The van der Waals surface area contributed by atoms with Gasteiger partial charge in [0.1, 0.15) is 11.4 Å². The fourth-order valence-electron chi connectivity index (χ4n) is 4.38. The van der Waals surface area contributed by atoms with E-state index in [0.29, 0.717) is 0 Å². The smallest absolute Gasteiger partial charge is 0.119 e. The molecule has 1 N–H and O–H groups in total. The maximum atomic E-state index is 11.6. The summed E-state index contributed by atoms with van der Waals surface area (Å²) in [4.78, 5) is 2.39. The lowest BCUT2D eigenvalue weighted by Crippen LogP contribution is -2.60. The van der Waals surface area contributed by atoms with Gasteiger partial charge < -0.3 is 9.84 Å². The quantitative estimate of drug-likeness (QED) is 0.901. The van der Waals surface area contributed by atoms with Gasteiger partial charge in [0.2, 0.25) is 0 Å². The Morgan fingerprint density at radius 1 is 1.15 bits per heavy atom. The molecule has 1 aromatic carbocycles. The summed E-state index contributed by atoms with van der Waals surface area (Å²) in [7, 11) is 3.85. The van der Waals surface area contributed by atoms with Crippen LogP contribution in [0.4, 0.5) is 0 Å². The number of hydrogen-bond acceptors (Lipinski definition) is 3. The Morgan fingerprint density at radius 2 is 1.90 bits per heavy atom. The highest BCUT2D eigenvalue weighted by molar-refractivity contribution is 5.36. The molecule has 3 nitrogen and oxygen atoms in total. The summed E-state index contributed by atoms with van der Waals surface area (Å²) in [5.74, 6) is 0.831. The third-order valence-corrected chi connectivity index (χ3v) is 5.51. The van der Waals surface area contributed by atoms with Crippen molar-refractivity contribution in [1.29, 1.82) is 0 Å². The second-order valence-corrected chi connectivity index (χ2v) is 6.36. The van der Waals surface area contributed by atoms with Crippen LogP contribution in [-0.4, -0.2) is 36.2 Å². The van der Waals surface area contributed by atoms with Gasteiger partial charge in [0.25, 0.3) is 0 Å². The molecule has 3 rings (SSSR count). The zero-order valence-electron chi connectivity index (χ0n) is 12.6. The molecular weight excluding hydrogens is 250 g/mol. The maximum Gasteiger partial charge on any atom is 0.119 e. The molecule has 1 saturated carbocycles. The van der Waals surface area contributed by atoms with E-state index in [1.54, 1.807) is 7.11 Å². The van der Waals surface area contributed by atoms with Crippen molar-refractivity contribution in [2.75, 3.05) is 20.7 Å². The molecule has 3 heteroatoms. The van der Waals surface area contributed by atoms with E-state index in [2.05, 4.69) is 18.0 Å². The van der Waals surface area contributed by atoms with Crippen LogP contribution in [0.15, 0.2) is 24.3 Å². The molecule has 20 heavy (non-hydrogen) atoms. The zero-order chi connectivity index (χ0) is 14.2. The molecule has 0 radical (unpaired) electrons. The second-order valence-electron chi connectivity index (χ2n) is 6.36. The van der Waals surface area contributed by atoms with E-state index in [0.717, 1.165) is 43.5 Å². The van der Waals surface area contributed by atoms with Crippen LogP contribution in [0.1, 0.15) is 44.1 Å². The average molecular weight is 275 g/mol. The standard InChI is InChI=1S/C17H25NO2/c1-18-12-6-10-16(18)9-3-4-11-17(16,19)14-7-5-8-15(13-14)20-2/h5,7-8,13,19H,3-4,6,9-12H2,1-2H3. The predicted molar refractivity (Wildman–Crippen MR) is 80.0 cm³/mol. The van der Waals surface area contributed by atoms with Gasteiger partial charge in [-0.15, -0.1) is 0 Å². The van der Waals surface area contributed by atoms with Gasteiger partial charge >= 0.3 is 0 Å². The molecule has 2 unspecified atom stereocenters. The van der Waals surface area contributed by atoms with E-state index in [1.807, 2.05) is 18.2 Å². The summed E-state index contributed by atoms with van der Waals surface area (Å²) >= 11 is 0. The summed E-state index contributed by atoms with van der Waals surface area (Å²) in [5, 5.41) is 11.6. The fourth-order valence-corrected chi connectivity index (χ4v) is 4.38. The minimum absolute atomic E-state index is 0.0857. The summed E-state index contributed by atoms with van der Waals surface area (Å²) in [6, 6.07) is 8.01. The highest BCUT2D eigenvalue weighted by Crippen LogP contribution is 2.52. The van der Waals surface area contributed by atoms with E-state index in [9.17, 15) is 5.11 Å². The molecule has 2 fully saturated rings. The Hall–Kier alpha value is -1.06. The molecule has 0 aromatic heterocycles. The van der Waals surface area contributed by atoms with Crippen LogP contribution in [0.2, 0.25) is 0 Å². The SMILES string of the molecule is COc1cccc(C2(O)CCCCC23CCCN3C)c1. The number of likely N-dealkylation sites (N-methyl/N-ethyl adjacent to an activating group) is 1. The van der Waals surface area contributed by atoms with Gasteiger partial charge in [-0.25, -0.2) is 0 Å².